The summed E-state index contributed by atoms with van der Waals surface area (Å²) in [7, 11) is 0. The fraction of sp³-hybridized carbons (Fsp3) is 0.400. The van der Waals surface area contributed by atoms with Crippen molar-refractivity contribution in [3.63, 3.8) is 0 Å². The lowest BCUT2D eigenvalue weighted by atomic mass is 9.96. The van der Waals surface area contributed by atoms with Crippen LogP contribution in [0, 0.1) is 0 Å². The molecule has 7 heteroatoms. The first-order valence-electron chi connectivity index (χ1n) is 9.50. The van der Waals surface area contributed by atoms with Crippen LogP contribution in [0.15, 0.2) is 41.2 Å². The van der Waals surface area contributed by atoms with Crippen molar-refractivity contribution in [1.82, 2.24) is 25.0 Å². The molecule has 1 saturated heterocycles. The second-order valence-electron chi connectivity index (χ2n) is 7.37. The Labute approximate surface area is 156 Å². The third-order valence-electron chi connectivity index (χ3n) is 5.37. The number of rotatable bonds is 4. The van der Waals surface area contributed by atoms with Crippen LogP contribution < -0.4 is 0 Å². The van der Waals surface area contributed by atoms with E-state index in [1.54, 1.807) is 6.20 Å². The first kappa shape index (κ1) is 16.2. The molecule has 2 aromatic heterocycles. The van der Waals surface area contributed by atoms with Gasteiger partial charge in [0, 0.05) is 48.4 Å². The van der Waals surface area contributed by atoms with Crippen molar-refractivity contribution in [2.45, 2.75) is 37.5 Å². The van der Waals surface area contributed by atoms with Crippen molar-refractivity contribution >= 4 is 5.91 Å². The van der Waals surface area contributed by atoms with E-state index in [9.17, 15) is 4.79 Å². The van der Waals surface area contributed by atoms with E-state index in [1.807, 2.05) is 35.4 Å². The summed E-state index contributed by atoms with van der Waals surface area (Å²) in [6.45, 7) is 1.48. The highest BCUT2D eigenvalue weighted by Crippen LogP contribution is 2.39. The average Bonchev–Trinajstić information content (AvgIpc) is 3.22. The van der Waals surface area contributed by atoms with Crippen molar-refractivity contribution < 1.29 is 9.32 Å². The van der Waals surface area contributed by atoms with Crippen LogP contribution in [0.5, 0.6) is 0 Å². The number of piperidine rings is 1. The van der Waals surface area contributed by atoms with E-state index in [2.05, 4.69) is 20.1 Å². The van der Waals surface area contributed by atoms with Crippen LogP contribution in [0.3, 0.4) is 0 Å². The van der Waals surface area contributed by atoms with Crippen LogP contribution in [0.4, 0.5) is 0 Å². The Kier molecular flexibility index (Phi) is 3.99. The number of carbonyl (C=O) groups excluding carboxylic acids is 1. The van der Waals surface area contributed by atoms with Crippen molar-refractivity contribution in [3.8, 4) is 11.4 Å². The first-order valence-corrected chi connectivity index (χ1v) is 9.50. The van der Waals surface area contributed by atoms with Gasteiger partial charge in [-0.15, -0.1) is 0 Å². The topological polar surface area (TPSA) is 87.9 Å². The van der Waals surface area contributed by atoms with Gasteiger partial charge in [-0.05, 0) is 37.8 Å². The molecule has 3 aromatic rings. The van der Waals surface area contributed by atoms with Gasteiger partial charge >= 0.3 is 0 Å². The van der Waals surface area contributed by atoms with Crippen LogP contribution in [0.25, 0.3) is 11.4 Å². The van der Waals surface area contributed by atoms with E-state index in [0.29, 0.717) is 23.9 Å². The highest BCUT2D eigenvalue weighted by Gasteiger charge is 2.30. The predicted octanol–water partition coefficient (Wildman–Crippen LogP) is 3.36. The van der Waals surface area contributed by atoms with Crippen molar-refractivity contribution in [2.75, 3.05) is 13.1 Å². The number of imidazole rings is 1. The van der Waals surface area contributed by atoms with Gasteiger partial charge in [-0.1, -0.05) is 17.3 Å². The molecule has 27 heavy (non-hydrogen) atoms. The van der Waals surface area contributed by atoms with Gasteiger partial charge in [0.15, 0.2) is 0 Å². The molecule has 0 bridgehead atoms. The van der Waals surface area contributed by atoms with E-state index in [1.165, 1.54) is 0 Å². The fourth-order valence-electron chi connectivity index (χ4n) is 3.68. The van der Waals surface area contributed by atoms with Gasteiger partial charge in [-0.2, -0.15) is 4.98 Å². The highest BCUT2D eigenvalue weighted by atomic mass is 16.5. The minimum atomic E-state index is 0.0598. The van der Waals surface area contributed by atoms with E-state index in [0.717, 1.165) is 49.5 Å². The lowest BCUT2D eigenvalue weighted by molar-refractivity contribution is 0.0705. The molecule has 5 rings (SSSR count). The number of nitrogens with zero attached hydrogens (tertiary/aromatic N) is 4. The molecular weight excluding hydrogens is 342 g/mol. The lowest BCUT2D eigenvalue weighted by Crippen LogP contribution is -2.39. The van der Waals surface area contributed by atoms with Crippen LogP contribution in [-0.2, 0) is 0 Å². The van der Waals surface area contributed by atoms with Crippen molar-refractivity contribution in [3.05, 3.63) is 53.9 Å². The molecule has 0 spiro atoms. The van der Waals surface area contributed by atoms with E-state index >= 15 is 0 Å². The molecule has 0 unspecified atom stereocenters. The summed E-state index contributed by atoms with van der Waals surface area (Å²) in [6, 6.07) is 7.48. The molecule has 2 aliphatic rings. The van der Waals surface area contributed by atoms with Gasteiger partial charge in [-0.25, -0.2) is 4.98 Å². The number of nitrogens with one attached hydrogen (secondary N) is 1. The summed E-state index contributed by atoms with van der Waals surface area (Å²) < 4.78 is 5.32. The second-order valence-corrected chi connectivity index (χ2v) is 7.37. The molecule has 1 aliphatic carbocycles. The standard InChI is InChI=1S/C20H21N5O2/c26-20(25-11-1-2-16(12-25)17-21-9-10-22-17)15-7-3-13(4-8-15)18-23-19(27-24-18)14-5-6-14/h3-4,7-10,14,16H,1-2,5-6,11-12H2,(H,21,22)/t16-/m0/s1. The molecular formula is C20H21N5O2. The summed E-state index contributed by atoms with van der Waals surface area (Å²) in [5.74, 6) is 3.05. The van der Waals surface area contributed by atoms with Gasteiger partial charge in [-0.3, -0.25) is 4.79 Å². The molecule has 1 aliphatic heterocycles. The molecule has 1 amide bonds. The third-order valence-corrected chi connectivity index (χ3v) is 5.37. The van der Waals surface area contributed by atoms with E-state index < -0.39 is 0 Å². The van der Waals surface area contributed by atoms with Gasteiger partial charge in [0.25, 0.3) is 5.91 Å². The molecule has 1 N–H and O–H groups in total. The number of hydrogen-bond acceptors (Lipinski definition) is 5. The largest absolute Gasteiger partial charge is 0.348 e. The zero-order chi connectivity index (χ0) is 18.2. The molecule has 7 nitrogen and oxygen atoms in total. The molecule has 1 aromatic carbocycles. The van der Waals surface area contributed by atoms with Gasteiger partial charge in [0.1, 0.15) is 5.82 Å². The SMILES string of the molecule is O=C(c1ccc(-c2noc(C3CC3)n2)cc1)N1CCC[C@H](c2ncc[nH]2)C1. The summed E-state index contributed by atoms with van der Waals surface area (Å²) in [4.78, 5) is 26.8. The number of likely N-dealkylation sites (tertiary alicyclic amines) is 1. The normalized spacial score (nSPS) is 20.0. The molecule has 138 valence electrons. The Morgan fingerprint density at radius 3 is 2.74 bits per heavy atom. The zero-order valence-corrected chi connectivity index (χ0v) is 15.0. The quantitative estimate of drug-likeness (QED) is 0.768. The summed E-state index contributed by atoms with van der Waals surface area (Å²) in [5.41, 5.74) is 1.55. The first-order chi connectivity index (χ1) is 13.3. The Balaban J connectivity index is 1.29. The second kappa shape index (κ2) is 6.64. The fourth-order valence-corrected chi connectivity index (χ4v) is 3.68. The number of aromatic amines is 1. The number of amides is 1. The molecule has 1 atom stereocenters. The predicted molar refractivity (Wildman–Crippen MR) is 98.2 cm³/mol. The highest BCUT2D eigenvalue weighted by molar-refractivity contribution is 5.94. The molecule has 1 saturated carbocycles. The maximum absolute atomic E-state index is 12.9. The average molecular weight is 363 g/mol. The molecule has 0 radical (unpaired) electrons. The van der Waals surface area contributed by atoms with Crippen LogP contribution in [-0.4, -0.2) is 44.0 Å². The van der Waals surface area contributed by atoms with Crippen molar-refractivity contribution in [1.29, 1.82) is 0 Å². The number of carbonyl (C=O) groups is 1. The van der Waals surface area contributed by atoms with Gasteiger partial charge < -0.3 is 14.4 Å². The smallest absolute Gasteiger partial charge is 0.253 e. The summed E-state index contributed by atoms with van der Waals surface area (Å²) in [6.07, 6.45) is 7.90. The van der Waals surface area contributed by atoms with Crippen molar-refractivity contribution in [2.24, 2.45) is 0 Å². The monoisotopic (exact) mass is 363 g/mol. The van der Waals surface area contributed by atoms with E-state index in [-0.39, 0.29) is 11.8 Å². The zero-order valence-electron chi connectivity index (χ0n) is 15.0. The number of aromatic nitrogens is 4. The minimum absolute atomic E-state index is 0.0598. The third kappa shape index (κ3) is 3.25. The lowest BCUT2D eigenvalue weighted by Gasteiger charge is -2.32. The Morgan fingerprint density at radius 2 is 2.00 bits per heavy atom. The van der Waals surface area contributed by atoms with Crippen LogP contribution in [0.2, 0.25) is 0 Å². The van der Waals surface area contributed by atoms with E-state index in [4.69, 9.17) is 4.52 Å². The summed E-state index contributed by atoms with van der Waals surface area (Å²) in [5, 5.41) is 4.06. The number of H-pyrrole nitrogens is 1. The Morgan fingerprint density at radius 1 is 1.15 bits per heavy atom. The number of hydrogen-bond donors (Lipinski definition) is 1. The number of benzene rings is 1. The maximum atomic E-state index is 12.9. The van der Waals surface area contributed by atoms with Crippen LogP contribution >= 0.6 is 0 Å². The minimum Gasteiger partial charge on any atom is -0.348 e. The molecule has 2 fully saturated rings. The molecule has 3 heterocycles. The summed E-state index contributed by atoms with van der Waals surface area (Å²) >= 11 is 0. The Hall–Kier alpha value is -2.96. The van der Waals surface area contributed by atoms with Gasteiger partial charge in [0.05, 0.1) is 0 Å². The van der Waals surface area contributed by atoms with Gasteiger partial charge in [0.2, 0.25) is 11.7 Å². The van der Waals surface area contributed by atoms with Crippen LogP contribution in [0.1, 0.15) is 59.6 Å². The Bertz CT molecular complexity index is 928. The maximum Gasteiger partial charge on any atom is 0.253 e.